The molecule has 0 atom stereocenters. The third kappa shape index (κ3) is 6.19. The predicted octanol–water partition coefficient (Wildman–Crippen LogP) is 4.63. The lowest BCUT2D eigenvalue weighted by atomic mass is 10.1. The van der Waals surface area contributed by atoms with Gasteiger partial charge in [-0.2, -0.15) is 0 Å². The van der Waals surface area contributed by atoms with E-state index < -0.39 is 22.5 Å². The quantitative estimate of drug-likeness (QED) is 0.424. The molecule has 36 heavy (non-hydrogen) atoms. The highest BCUT2D eigenvalue weighted by molar-refractivity contribution is 7.92. The molecule has 0 spiro atoms. The van der Waals surface area contributed by atoms with Gasteiger partial charge >= 0.3 is 0 Å². The van der Waals surface area contributed by atoms with Gasteiger partial charge in [-0.1, -0.05) is 65.7 Å². The summed E-state index contributed by atoms with van der Waals surface area (Å²) in [5.41, 5.74) is 1.96. The minimum absolute atomic E-state index is 0.0352. The van der Waals surface area contributed by atoms with E-state index in [1.165, 1.54) is 30.3 Å². The van der Waals surface area contributed by atoms with E-state index in [1.807, 2.05) is 29.2 Å². The second-order valence-electron chi connectivity index (χ2n) is 8.44. The molecule has 7 nitrogen and oxygen atoms in total. The molecule has 2 amide bonds. The number of likely N-dealkylation sites (tertiary alicyclic amines) is 1. The summed E-state index contributed by atoms with van der Waals surface area (Å²) in [7, 11) is -4.09. The Morgan fingerprint density at radius 2 is 1.72 bits per heavy atom. The van der Waals surface area contributed by atoms with Crippen LogP contribution in [-0.4, -0.2) is 38.2 Å². The van der Waals surface area contributed by atoms with Gasteiger partial charge in [0.05, 0.1) is 15.6 Å². The SMILES string of the molecule is O=C(CN(c1ccc(Cl)cc1Cl)S(=O)(=O)c1ccccc1)NCc1cccc(CN2CCCC2=O)c1. The largest absolute Gasteiger partial charge is 0.350 e. The van der Waals surface area contributed by atoms with E-state index in [-0.39, 0.29) is 28.1 Å². The molecule has 0 unspecified atom stereocenters. The van der Waals surface area contributed by atoms with Crippen LogP contribution in [0, 0.1) is 0 Å². The first-order chi connectivity index (χ1) is 17.2. The number of nitrogens with zero attached hydrogens (tertiary/aromatic N) is 2. The second kappa shape index (κ2) is 11.3. The van der Waals surface area contributed by atoms with Crippen LogP contribution in [0.3, 0.4) is 0 Å². The molecule has 1 fully saturated rings. The Morgan fingerprint density at radius 3 is 2.42 bits per heavy atom. The fourth-order valence-electron chi connectivity index (χ4n) is 4.02. The van der Waals surface area contributed by atoms with E-state index in [1.54, 1.807) is 18.2 Å². The maximum atomic E-state index is 13.4. The van der Waals surface area contributed by atoms with Crippen molar-refractivity contribution in [2.24, 2.45) is 0 Å². The van der Waals surface area contributed by atoms with Crippen LogP contribution in [-0.2, 0) is 32.7 Å². The number of halogens is 2. The topological polar surface area (TPSA) is 86.8 Å². The van der Waals surface area contributed by atoms with Gasteiger partial charge in [0.15, 0.2) is 0 Å². The fraction of sp³-hybridized carbons (Fsp3) is 0.231. The van der Waals surface area contributed by atoms with Gasteiger partial charge in [0.25, 0.3) is 10.0 Å². The van der Waals surface area contributed by atoms with Crippen LogP contribution in [0.1, 0.15) is 24.0 Å². The lowest BCUT2D eigenvalue weighted by Crippen LogP contribution is -2.40. The molecule has 10 heteroatoms. The highest BCUT2D eigenvalue weighted by Gasteiger charge is 2.28. The third-order valence-electron chi connectivity index (χ3n) is 5.82. The first-order valence-electron chi connectivity index (χ1n) is 11.4. The fourth-order valence-corrected chi connectivity index (χ4v) is 6.04. The van der Waals surface area contributed by atoms with Crippen LogP contribution < -0.4 is 9.62 Å². The van der Waals surface area contributed by atoms with Gasteiger partial charge in [0.2, 0.25) is 11.8 Å². The zero-order valence-electron chi connectivity index (χ0n) is 19.4. The third-order valence-corrected chi connectivity index (χ3v) is 8.13. The van der Waals surface area contributed by atoms with Crippen LogP contribution >= 0.6 is 23.2 Å². The number of rotatable bonds is 9. The van der Waals surface area contributed by atoms with Crippen LogP contribution in [0.25, 0.3) is 0 Å². The van der Waals surface area contributed by atoms with Crippen LogP contribution in [0.4, 0.5) is 5.69 Å². The van der Waals surface area contributed by atoms with E-state index in [9.17, 15) is 18.0 Å². The molecule has 1 saturated heterocycles. The molecular formula is C26H25Cl2N3O4S. The zero-order chi connectivity index (χ0) is 25.7. The number of anilines is 1. The molecule has 0 saturated carbocycles. The lowest BCUT2D eigenvalue weighted by molar-refractivity contribution is -0.128. The van der Waals surface area contributed by atoms with E-state index in [4.69, 9.17) is 23.2 Å². The Hall–Kier alpha value is -3.07. The Labute approximate surface area is 220 Å². The number of nitrogens with one attached hydrogen (secondary N) is 1. The molecule has 1 aliphatic rings. The summed E-state index contributed by atoms with van der Waals surface area (Å²) in [6.07, 6.45) is 1.45. The number of carbonyl (C=O) groups excluding carboxylic acids is 2. The highest BCUT2D eigenvalue weighted by atomic mass is 35.5. The van der Waals surface area contributed by atoms with E-state index >= 15 is 0 Å². The second-order valence-corrected chi connectivity index (χ2v) is 11.1. The van der Waals surface area contributed by atoms with E-state index in [0.717, 1.165) is 28.4 Å². The van der Waals surface area contributed by atoms with Crippen molar-refractivity contribution < 1.29 is 18.0 Å². The number of sulfonamides is 1. The normalized spacial score (nSPS) is 13.6. The summed E-state index contributed by atoms with van der Waals surface area (Å²) in [5.74, 6) is -0.352. The van der Waals surface area contributed by atoms with E-state index in [0.29, 0.717) is 18.0 Å². The molecule has 3 aromatic rings. The summed E-state index contributed by atoms with van der Waals surface area (Å²) < 4.78 is 27.9. The maximum absolute atomic E-state index is 13.4. The van der Waals surface area contributed by atoms with Gasteiger partial charge in [0, 0.05) is 31.1 Å². The number of benzene rings is 3. The molecule has 1 aliphatic heterocycles. The monoisotopic (exact) mass is 545 g/mol. The number of hydrogen-bond acceptors (Lipinski definition) is 4. The van der Waals surface area contributed by atoms with Gasteiger partial charge < -0.3 is 10.2 Å². The average molecular weight is 546 g/mol. The summed E-state index contributed by atoms with van der Waals surface area (Å²) in [6, 6.07) is 19.9. The predicted molar refractivity (Wildman–Crippen MR) is 140 cm³/mol. The minimum Gasteiger partial charge on any atom is -0.350 e. The summed E-state index contributed by atoms with van der Waals surface area (Å²) in [4.78, 5) is 26.7. The average Bonchev–Trinajstić information content (AvgIpc) is 3.26. The minimum atomic E-state index is -4.09. The Morgan fingerprint density at radius 1 is 0.972 bits per heavy atom. The molecule has 3 aromatic carbocycles. The number of amides is 2. The van der Waals surface area contributed by atoms with Crippen molar-refractivity contribution in [2.45, 2.75) is 30.8 Å². The zero-order valence-corrected chi connectivity index (χ0v) is 21.7. The molecule has 1 heterocycles. The summed E-state index contributed by atoms with van der Waals surface area (Å²) in [5, 5.41) is 3.25. The molecule has 0 aliphatic carbocycles. The molecular weight excluding hydrogens is 521 g/mol. The molecule has 188 valence electrons. The van der Waals surface area contributed by atoms with Crippen molar-refractivity contribution in [3.05, 3.63) is 94.0 Å². The van der Waals surface area contributed by atoms with Crippen LogP contribution in [0.15, 0.2) is 77.7 Å². The molecule has 0 aromatic heterocycles. The van der Waals surface area contributed by atoms with Crippen molar-refractivity contribution in [2.75, 3.05) is 17.4 Å². The summed E-state index contributed by atoms with van der Waals surface area (Å²) >= 11 is 12.3. The Balaban J connectivity index is 1.50. The van der Waals surface area contributed by atoms with Crippen molar-refractivity contribution in [1.29, 1.82) is 0 Å². The van der Waals surface area contributed by atoms with Gasteiger partial charge in [-0.15, -0.1) is 0 Å². The highest BCUT2D eigenvalue weighted by Crippen LogP contribution is 2.32. The lowest BCUT2D eigenvalue weighted by Gasteiger charge is -2.25. The van der Waals surface area contributed by atoms with Crippen molar-refractivity contribution in [3.8, 4) is 0 Å². The van der Waals surface area contributed by atoms with Crippen molar-refractivity contribution >= 4 is 50.7 Å². The van der Waals surface area contributed by atoms with E-state index in [2.05, 4.69) is 5.32 Å². The molecule has 0 radical (unpaired) electrons. The molecule has 0 bridgehead atoms. The van der Waals surface area contributed by atoms with Gasteiger partial charge in [-0.25, -0.2) is 8.42 Å². The van der Waals surface area contributed by atoms with Crippen LogP contribution in [0.5, 0.6) is 0 Å². The standard InChI is InChI=1S/C26H25Cl2N3O4S/c27-21-11-12-24(23(28)15-21)31(36(34,35)22-8-2-1-3-9-22)18-25(32)29-16-19-6-4-7-20(14-19)17-30-13-5-10-26(30)33/h1-4,6-9,11-12,14-15H,5,10,13,16-18H2,(H,29,32). The maximum Gasteiger partial charge on any atom is 0.264 e. The first-order valence-corrected chi connectivity index (χ1v) is 13.6. The van der Waals surface area contributed by atoms with Crippen molar-refractivity contribution in [3.63, 3.8) is 0 Å². The summed E-state index contributed by atoms with van der Waals surface area (Å²) in [6.45, 7) is 1.01. The smallest absolute Gasteiger partial charge is 0.264 e. The Kier molecular flexibility index (Phi) is 8.18. The van der Waals surface area contributed by atoms with Gasteiger partial charge in [0.1, 0.15) is 6.54 Å². The Bertz CT molecular complexity index is 1370. The van der Waals surface area contributed by atoms with Crippen molar-refractivity contribution in [1.82, 2.24) is 10.2 Å². The first kappa shape index (κ1) is 26.0. The number of hydrogen-bond donors (Lipinski definition) is 1. The molecule has 1 N–H and O–H groups in total. The number of carbonyl (C=O) groups is 2. The van der Waals surface area contributed by atoms with Gasteiger partial charge in [-0.3, -0.25) is 13.9 Å². The van der Waals surface area contributed by atoms with Gasteiger partial charge in [-0.05, 0) is 47.9 Å². The molecule has 4 rings (SSSR count). The van der Waals surface area contributed by atoms with Crippen LogP contribution in [0.2, 0.25) is 10.0 Å².